The van der Waals surface area contributed by atoms with Gasteiger partial charge in [-0.2, -0.15) is 0 Å². The van der Waals surface area contributed by atoms with E-state index in [1.807, 2.05) is 13.0 Å². The molecule has 4 nitrogen and oxygen atoms in total. The first-order valence-electron chi connectivity index (χ1n) is 8.72. The summed E-state index contributed by atoms with van der Waals surface area (Å²) in [4.78, 5) is 7.15. The molecule has 2 aromatic rings. The lowest BCUT2D eigenvalue weighted by molar-refractivity contribution is -0.0595. The molecule has 4 heteroatoms. The second-order valence-corrected chi connectivity index (χ2v) is 6.92. The van der Waals surface area contributed by atoms with Crippen LogP contribution in [0.25, 0.3) is 0 Å². The molecule has 0 unspecified atom stereocenters. The van der Waals surface area contributed by atoms with Crippen LogP contribution in [0.2, 0.25) is 0 Å². The maximum Gasteiger partial charge on any atom is 0.126 e. The fourth-order valence-corrected chi connectivity index (χ4v) is 3.74. The molecule has 2 aliphatic rings. The van der Waals surface area contributed by atoms with E-state index < -0.39 is 0 Å². The fraction of sp³-hybridized carbons (Fsp3) is 0.450. The molecule has 0 atom stereocenters. The summed E-state index contributed by atoms with van der Waals surface area (Å²) in [6, 6.07) is 14.7. The van der Waals surface area contributed by atoms with Gasteiger partial charge in [-0.1, -0.05) is 24.3 Å². The highest BCUT2D eigenvalue weighted by molar-refractivity contribution is 5.35. The topological polar surface area (TPSA) is 34.6 Å². The third-order valence-corrected chi connectivity index (χ3v) is 4.94. The maximum absolute atomic E-state index is 6.53. The predicted molar refractivity (Wildman–Crippen MR) is 92.9 cm³/mol. The number of para-hydroxylation sites is 1. The number of ether oxygens (including phenoxy) is 2. The quantitative estimate of drug-likeness (QED) is 0.849. The summed E-state index contributed by atoms with van der Waals surface area (Å²) in [5.41, 5.74) is 3.30. The summed E-state index contributed by atoms with van der Waals surface area (Å²) in [6.07, 6.45) is 1.89. The molecule has 0 aliphatic carbocycles. The highest BCUT2D eigenvalue weighted by Gasteiger charge is 2.39. The van der Waals surface area contributed by atoms with Crippen LogP contribution in [0, 0.1) is 6.92 Å². The van der Waals surface area contributed by atoms with Crippen LogP contribution in [0.1, 0.15) is 29.8 Å². The average molecular weight is 324 g/mol. The van der Waals surface area contributed by atoms with E-state index >= 15 is 0 Å². The molecular formula is C20H24N2O2. The molecule has 24 heavy (non-hydrogen) atoms. The number of hydrogen-bond acceptors (Lipinski definition) is 4. The number of nitrogens with zero attached hydrogens (tertiary/aromatic N) is 2. The first-order chi connectivity index (χ1) is 11.7. The number of aromatic nitrogens is 1. The van der Waals surface area contributed by atoms with Crippen molar-refractivity contribution in [2.75, 3.05) is 19.8 Å². The third-order valence-electron chi connectivity index (χ3n) is 4.94. The fourth-order valence-electron chi connectivity index (χ4n) is 3.74. The Bertz CT molecular complexity index is 710. The number of rotatable bonds is 2. The van der Waals surface area contributed by atoms with Gasteiger partial charge in [0.1, 0.15) is 11.4 Å². The summed E-state index contributed by atoms with van der Waals surface area (Å²) in [7, 11) is 0. The Morgan fingerprint density at radius 1 is 1.08 bits per heavy atom. The van der Waals surface area contributed by atoms with E-state index in [2.05, 4.69) is 46.3 Å². The zero-order chi connectivity index (χ0) is 16.4. The molecule has 1 fully saturated rings. The Morgan fingerprint density at radius 2 is 1.92 bits per heavy atom. The second-order valence-electron chi connectivity index (χ2n) is 6.92. The van der Waals surface area contributed by atoms with Crippen LogP contribution in [-0.4, -0.2) is 35.2 Å². The second kappa shape index (κ2) is 6.54. The molecule has 3 heterocycles. The minimum atomic E-state index is -0.144. The van der Waals surface area contributed by atoms with Crippen LogP contribution in [0.4, 0.5) is 0 Å². The van der Waals surface area contributed by atoms with Crippen LogP contribution >= 0.6 is 0 Å². The smallest absolute Gasteiger partial charge is 0.126 e. The summed E-state index contributed by atoms with van der Waals surface area (Å²) in [6.45, 7) is 6.26. The van der Waals surface area contributed by atoms with Gasteiger partial charge >= 0.3 is 0 Å². The van der Waals surface area contributed by atoms with Gasteiger partial charge in [0.05, 0.1) is 18.9 Å². The molecule has 0 N–H and O–H groups in total. The van der Waals surface area contributed by atoms with E-state index in [0.29, 0.717) is 0 Å². The van der Waals surface area contributed by atoms with Gasteiger partial charge in [-0.15, -0.1) is 0 Å². The van der Waals surface area contributed by atoms with Gasteiger partial charge in [-0.25, -0.2) is 0 Å². The Balaban J connectivity index is 1.63. The van der Waals surface area contributed by atoms with Crippen molar-refractivity contribution in [3.63, 3.8) is 0 Å². The largest absolute Gasteiger partial charge is 0.485 e. The maximum atomic E-state index is 6.53. The van der Waals surface area contributed by atoms with Crippen LogP contribution in [-0.2, 0) is 17.8 Å². The Morgan fingerprint density at radius 3 is 2.75 bits per heavy atom. The van der Waals surface area contributed by atoms with Crippen molar-refractivity contribution in [2.24, 2.45) is 0 Å². The van der Waals surface area contributed by atoms with Crippen LogP contribution in [0.3, 0.4) is 0 Å². The molecule has 2 aliphatic heterocycles. The van der Waals surface area contributed by atoms with Crippen molar-refractivity contribution in [3.05, 3.63) is 59.4 Å². The lowest BCUT2D eigenvalue weighted by Crippen LogP contribution is -2.49. The zero-order valence-corrected chi connectivity index (χ0v) is 14.2. The molecular weight excluding hydrogens is 300 g/mol. The lowest BCUT2D eigenvalue weighted by atomic mass is 9.93. The van der Waals surface area contributed by atoms with Crippen molar-refractivity contribution in [1.82, 2.24) is 9.88 Å². The molecule has 0 amide bonds. The monoisotopic (exact) mass is 324 g/mol. The molecule has 1 saturated heterocycles. The molecule has 0 saturated carbocycles. The van der Waals surface area contributed by atoms with Gasteiger partial charge in [0.2, 0.25) is 0 Å². The van der Waals surface area contributed by atoms with E-state index in [1.54, 1.807) is 0 Å². The standard InChI is InChI=1S/C20H24N2O2/c1-16-5-4-7-18(21-16)14-22-13-17-6-2-3-8-19(17)24-20(15-22)9-11-23-12-10-20/h2-8H,9-15H2,1H3. The Labute approximate surface area is 143 Å². The molecule has 1 aromatic heterocycles. The van der Waals surface area contributed by atoms with Crippen molar-refractivity contribution >= 4 is 0 Å². The van der Waals surface area contributed by atoms with Gasteiger partial charge in [0.15, 0.2) is 0 Å². The molecule has 0 radical (unpaired) electrons. The van der Waals surface area contributed by atoms with Gasteiger partial charge in [-0.3, -0.25) is 9.88 Å². The minimum absolute atomic E-state index is 0.144. The normalized spacial score (nSPS) is 20.2. The van der Waals surface area contributed by atoms with Crippen molar-refractivity contribution in [1.29, 1.82) is 0 Å². The predicted octanol–water partition coefficient (Wildman–Crippen LogP) is 3.33. The Kier molecular flexibility index (Phi) is 4.25. The first-order valence-corrected chi connectivity index (χ1v) is 8.72. The molecule has 1 aromatic carbocycles. The molecule has 126 valence electrons. The highest BCUT2D eigenvalue weighted by atomic mass is 16.5. The van der Waals surface area contributed by atoms with E-state index in [9.17, 15) is 0 Å². The summed E-state index contributed by atoms with van der Waals surface area (Å²) >= 11 is 0. The SMILES string of the molecule is Cc1cccc(CN2Cc3ccccc3OC3(CCOCC3)C2)n1. The first kappa shape index (κ1) is 15.6. The highest BCUT2D eigenvalue weighted by Crippen LogP contribution is 2.35. The molecule has 0 bridgehead atoms. The lowest BCUT2D eigenvalue weighted by Gasteiger charge is -2.39. The van der Waals surface area contributed by atoms with E-state index in [-0.39, 0.29) is 5.60 Å². The van der Waals surface area contributed by atoms with Crippen LogP contribution in [0.15, 0.2) is 42.5 Å². The van der Waals surface area contributed by atoms with E-state index in [0.717, 1.165) is 62.8 Å². The summed E-state index contributed by atoms with van der Waals surface area (Å²) < 4.78 is 12.1. The number of fused-ring (bicyclic) bond motifs is 1. The van der Waals surface area contributed by atoms with Crippen molar-refractivity contribution < 1.29 is 9.47 Å². The third kappa shape index (κ3) is 3.30. The van der Waals surface area contributed by atoms with E-state index in [4.69, 9.17) is 9.47 Å². The Hall–Kier alpha value is -1.91. The minimum Gasteiger partial charge on any atom is -0.485 e. The van der Waals surface area contributed by atoms with Gasteiger partial charge < -0.3 is 9.47 Å². The van der Waals surface area contributed by atoms with Crippen molar-refractivity contribution in [3.8, 4) is 5.75 Å². The summed E-state index contributed by atoms with van der Waals surface area (Å²) in [5.74, 6) is 1.03. The number of aryl methyl sites for hydroxylation is 1. The van der Waals surface area contributed by atoms with Crippen LogP contribution in [0.5, 0.6) is 5.75 Å². The molecule has 4 rings (SSSR count). The van der Waals surface area contributed by atoms with Crippen molar-refractivity contribution in [2.45, 2.75) is 38.5 Å². The van der Waals surface area contributed by atoms with Gasteiger partial charge in [-0.05, 0) is 25.1 Å². The average Bonchev–Trinajstić information content (AvgIpc) is 2.71. The van der Waals surface area contributed by atoms with Crippen LogP contribution < -0.4 is 4.74 Å². The molecule has 1 spiro atoms. The van der Waals surface area contributed by atoms with E-state index in [1.165, 1.54) is 5.56 Å². The number of pyridine rings is 1. The van der Waals surface area contributed by atoms with Gasteiger partial charge in [0.25, 0.3) is 0 Å². The van der Waals surface area contributed by atoms with Gasteiger partial charge in [0, 0.05) is 43.7 Å². The number of benzene rings is 1. The summed E-state index contributed by atoms with van der Waals surface area (Å²) in [5, 5.41) is 0. The number of hydrogen-bond donors (Lipinski definition) is 0. The zero-order valence-electron chi connectivity index (χ0n) is 14.2.